The Balaban J connectivity index is 1.75. The number of aromatic carboxylic acids is 1. The molecule has 3 atom stereocenters. The highest BCUT2D eigenvalue weighted by Gasteiger charge is 2.41. The molecule has 0 aromatic heterocycles. The molecule has 3 rings (SSSR count). The number of rotatable bonds is 6. The fourth-order valence-corrected chi connectivity index (χ4v) is 3.47. The standard InChI is InChI=1S/C21H21ClFN3O4/c1-11(13-4-6-14(7-5-13)21(28)29)24-19(27)18-12(2)25-26(3)20(18)30-17-9-8-15(23)10-16(17)22/h4-11,18,20H,1-3H3,(H,24,27)(H,28,29)/t11-,18?,20?/m0/s1. The second-order valence-corrected chi connectivity index (χ2v) is 7.44. The lowest BCUT2D eigenvalue weighted by Crippen LogP contribution is -2.45. The Morgan fingerprint density at radius 2 is 1.93 bits per heavy atom. The molecule has 2 N–H and O–H groups in total. The lowest BCUT2D eigenvalue weighted by Gasteiger charge is -2.27. The maximum absolute atomic E-state index is 13.3. The minimum atomic E-state index is -1.02. The van der Waals surface area contributed by atoms with E-state index in [1.165, 1.54) is 29.3 Å². The molecule has 1 aliphatic heterocycles. The molecule has 0 bridgehead atoms. The van der Waals surface area contributed by atoms with E-state index in [4.69, 9.17) is 21.4 Å². The van der Waals surface area contributed by atoms with E-state index in [0.29, 0.717) is 5.71 Å². The summed E-state index contributed by atoms with van der Waals surface area (Å²) in [6, 6.07) is 9.68. The van der Waals surface area contributed by atoms with Gasteiger partial charge in [-0.15, -0.1) is 0 Å². The predicted molar refractivity (Wildman–Crippen MR) is 110 cm³/mol. The van der Waals surface area contributed by atoms with Gasteiger partial charge in [0.2, 0.25) is 12.1 Å². The predicted octanol–water partition coefficient (Wildman–Crippen LogP) is 3.70. The van der Waals surface area contributed by atoms with Crippen molar-refractivity contribution >= 4 is 29.2 Å². The van der Waals surface area contributed by atoms with E-state index in [1.54, 1.807) is 33.0 Å². The Bertz CT molecular complexity index is 996. The van der Waals surface area contributed by atoms with Gasteiger partial charge in [0.15, 0.2) is 0 Å². The zero-order valence-electron chi connectivity index (χ0n) is 16.6. The number of carbonyl (C=O) groups excluding carboxylic acids is 1. The van der Waals surface area contributed by atoms with Crippen molar-refractivity contribution in [2.24, 2.45) is 11.0 Å². The summed E-state index contributed by atoms with van der Waals surface area (Å²) in [6.45, 7) is 3.52. The number of carbonyl (C=O) groups is 2. The molecule has 7 nitrogen and oxygen atoms in total. The lowest BCUT2D eigenvalue weighted by molar-refractivity contribution is -0.127. The largest absolute Gasteiger partial charge is 0.478 e. The van der Waals surface area contributed by atoms with Crippen LogP contribution in [-0.2, 0) is 4.79 Å². The summed E-state index contributed by atoms with van der Waals surface area (Å²) < 4.78 is 19.2. The monoisotopic (exact) mass is 433 g/mol. The smallest absolute Gasteiger partial charge is 0.335 e. The first-order chi connectivity index (χ1) is 14.2. The van der Waals surface area contributed by atoms with Crippen LogP contribution in [0, 0.1) is 11.7 Å². The molecule has 0 spiro atoms. The van der Waals surface area contributed by atoms with Gasteiger partial charge >= 0.3 is 5.97 Å². The van der Waals surface area contributed by atoms with Crippen molar-refractivity contribution in [2.45, 2.75) is 26.1 Å². The number of carboxylic acids is 1. The molecular formula is C21H21ClFN3O4. The summed E-state index contributed by atoms with van der Waals surface area (Å²) in [5.74, 6) is -2.28. The van der Waals surface area contributed by atoms with Gasteiger partial charge in [0.05, 0.1) is 22.3 Å². The quantitative estimate of drug-likeness (QED) is 0.724. The van der Waals surface area contributed by atoms with E-state index in [0.717, 1.165) is 11.6 Å². The molecule has 2 unspecified atom stereocenters. The highest BCUT2D eigenvalue weighted by atomic mass is 35.5. The van der Waals surface area contributed by atoms with Gasteiger partial charge in [0.25, 0.3) is 0 Å². The molecule has 0 saturated heterocycles. The molecule has 2 aromatic rings. The topological polar surface area (TPSA) is 91.2 Å². The molecule has 0 saturated carbocycles. The Hall–Kier alpha value is -3.13. The molecule has 30 heavy (non-hydrogen) atoms. The van der Waals surface area contributed by atoms with Crippen LogP contribution < -0.4 is 10.1 Å². The van der Waals surface area contributed by atoms with Crippen LogP contribution in [0.1, 0.15) is 35.8 Å². The maximum Gasteiger partial charge on any atom is 0.335 e. The third-order valence-corrected chi connectivity index (χ3v) is 5.15. The van der Waals surface area contributed by atoms with E-state index in [1.807, 2.05) is 0 Å². The van der Waals surface area contributed by atoms with Crippen LogP contribution in [0.3, 0.4) is 0 Å². The van der Waals surface area contributed by atoms with Gasteiger partial charge in [-0.2, -0.15) is 5.10 Å². The van der Waals surface area contributed by atoms with Crippen molar-refractivity contribution in [3.05, 3.63) is 64.4 Å². The number of hydrogen-bond acceptors (Lipinski definition) is 5. The van der Waals surface area contributed by atoms with E-state index >= 15 is 0 Å². The van der Waals surface area contributed by atoms with Crippen molar-refractivity contribution in [3.8, 4) is 5.75 Å². The molecule has 9 heteroatoms. The summed E-state index contributed by atoms with van der Waals surface area (Å²) in [5.41, 5.74) is 1.49. The third kappa shape index (κ3) is 4.54. The average molecular weight is 434 g/mol. The maximum atomic E-state index is 13.3. The normalized spacial score (nSPS) is 19.2. The molecular weight excluding hydrogens is 413 g/mol. The molecule has 0 aliphatic carbocycles. The van der Waals surface area contributed by atoms with Crippen molar-refractivity contribution in [2.75, 3.05) is 7.05 Å². The summed E-state index contributed by atoms with van der Waals surface area (Å²) in [4.78, 5) is 24.0. The Morgan fingerprint density at radius 1 is 1.27 bits per heavy atom. The van der Waals surface area contributed by atoms with E-state index < -0.39 is 23.9 Å². The van der Waals surface area contributed by atoms with Crippen LogP contribution in [0.4, 0.5) is 4.39 Å². The third-order valence-electron chi connectivity index (χ3n) is 4.86. The summed E-state index contributed by atoms with van der Waals surface area (Å²) in [7, 11) is 1.67. The van der Waals surface area contributed by atoms with E-state index in [9.17, 15) is 14.0 Å². The van der Waals surface area contributed by atoms with Crippen LogP contribution in [0.25, 0.3) is 0 Å². The Morgan fingerprint density at radius 3 is 2.53 bits per heavy atom. The van der Waals surface area contributed by atoms with Crippen LogP contribution >= 0.6 is 11.6 Å². The fraction of sp³-hybridized carbons (Fsp3) is 0.286. The second kappa shape index (κ2) is 8.71. The molecule has 0 radical (unpaired) electrons. The van der Waals surface area contributed by atoms with Crippen LogP contribution in [0.15, 0.2) is 47.6 Å². The summed E-state index contributed by atoms with van der Waals surface area (Å²) in [6.07, 6.45) is -0.755. The van der Waals surface area contributed by atoms with Gasteiger partial charge in [0, 0.05) is 7.05 Å². The Labute approximate surface area is 178 Å². The first kappa shape index (κ1) is 21.6. The molecule has 158 valence electrons. The molecule has 1 amide bonds. The fourth-order valence-electron chi connectivity index (χ4n) is 3.26. The number of amides is 1. The number of benzene rings is 2. The van der Waals surface area contributed by atoms with Crippen molar-refractivity contribution in [3.63, 3.8) is 0 Å². The van der Waals surface area contributed by atoms with E-state index in [2.05, 4.69) is 10.4 Å². The number of carboxylic acid groups (broad SMARTS) is 1. The van der Waals surface area contributed by atoms with Crippen LogP contribution in [0.2, 0.25) is 5.02 Å². The minimum Gasteiger partial charge on any atom is -0.478 e. The average Bonchev–Trinajstić information content (AvgIpc) is 2.97. The van der Waals surface area contributed by atoms with E-state index in [-0.39, 0.29) is 28.3 Å². The molecule has 1 aliphatic rings. The van der Waals surface area contributed by atoms with Crippen molar-refractivity contribution in [1.29, 1.82) is 0 Å². The number of ether oxygens (including phenoxy) is 1. The molecule has 2 aromatic carbocycles. The van der Waals surface area contributed by atoms with Gasteiger partial charge in [-0.1, -0.05) is 23.7 Å². The minimum absolute atomic E-state index is 0.0963. The number of nitrogens with zero attached hydrogens (tertiary/aromatic N) is 2. The number of nitrogens with one attached hydrogen (secondary N) is 1. The summed E-state index contributed by atoms with van der Waals surface area (Å²) >= 11 is 6.06. The number of halogens is 2. The lowest BCUT2D eigenvalue weighted by atomic mass is 10.0. The van der Waals surface area contributed by atoms with Crippen molar-refractivity contribution < 1.29 is 23.8 Å². The van der Waals surface area contributed by atoms with Gasteiger partial charge < -0.3 is 15.2 Å². The first-order valence-electron chi connectivity index (χ1n) is 9.20. The molecule has 0 fully saturated rings. The first-order valence-corrected chi connectivity index (χ1v) is 9.58. The number of hydrogen-bond donors (Lipinski definition) is 2. The van der Waals surface area contributed by atoms with Gasteiger partial charge in [-0.25, -0.2) is 9.18 Å². The molecule has 1 heterocycles. The van der Waals surface area contributed by atoms with Gasteiger partial charge in [-0.05, 0) is 49.7 Å². The second-order valence-electron chi connectivity index (χ2n) is 7.03. The number of hydrazone groups is 1. The van der Waals surface area contributed by atoms with Gasteiger partial charge in [0.1, 0.15) is 17.5 Å². The summed E-state index contributed by atoms with van der Waals surface area (Å²) in [5, 5.41) is 17.8. The van der Waals surface area contributed by atoms with Crippen molar-refractivity contribution in [1.82, 2.24) is 10.3 Å². The SMILES string of the molecule is CC1=NN(C)C(Oc2ccc(F)cc2Cl)C1C(=O)N[C@@H](C)c1ccc(C(=O)O)cc1. The van der Waals surface area contributed by atoms with Crippen LogP contribution in [-0.4, -0.2) is 41.0 Å². The highest BCUT2D eigenvalue weighted by Crippen LogP contribution is 2.31. The van der Waals surface area contributed by atoms with Crippen LogP contribution in [0.5, 0.6) is 5.75 Å². The zero-order valence-corrected chi connectivity index (χ0v) is 17.4. The zero-order chi connectivity index (χ0) is 22.0. The highest BCUT2D eigenvalue weighted by molar-refractivity contribution is 6.32. The Kier molecular flexibility index (Phi) is 6.26. The van der Waals surface area contributed by atoms with Gasteiger partial charge in [-0.3, -0.25) is 9.80 Å².